The van der Waals surface area contributed by atoms with Gasteiger partial charge < -0.3 is 10.5 Å². The molecule has 0 saturated heterocycles. The molecule has 0 radical (unpaired) electrons. The molecule has 17 heavy (non-hydrogen) atoms. The summed E-state index contributed by atoms with van der Waals surface area (Å²) in [7, 11) is 0. The van der Waals surface area contributed by atoms with Gasteiger partial charge in [-0.15, -0.1) is 0 Å². The predicted octanol–water partition coefficient (Wildman–Crippen LogP) is 2.49. The highest BCUT2D eigenvalue weighted by atomic mass is 32.2. The molecule has 0 aromatic carbocycles. The number of hydrogen-bond donors (Lipinski definition) is 1. The van der Waals surface area contributed by atoms with E-state index in [0.29, 0.717) is 10.7 Å². The Morgan fingerprint density at radius 2 is 2.18 bits per heavy atom. The van der Waals surface area contributed by atoms with Gasteiger partial charge in [-0.25, -0.2) is 4.98 Å². The fraction of sp³-hybridized carbons (Fsp3) is 0.500. The van der Waals surface area contributed by atoms with Crippen LogP contribution in [0.15, 0.2) is 23.4 Å². The van der Waals surface area contributed by atoms with Crippen molar-refractivity contribution < 1.29 is 9.53 Å². The summed E-state index contributed by atoms with van der Waals surface area (Å²) in [6.07, 6.45) is 1.65. The summed E-state index contributed by atoms with van der Waals surface area (Å²) < 4.78 is 5.28. The van der Waals surface area contributed by atoms with E-state index < -0.39 is 5.60 Å². The molecule has 1 unspecified atom stereocenters. The Balaban J connectivity index is 2.64. The fourth-order valence-corrected chi connectivity index (χ4v) is 1.91. The van der Waals surface area contributed by atoms with Crippen molar-refractivity contribution >= 4 is 23.4 Å². The van der Waals surface area contributed by atoms with Crippen molar-refractivity contribution in [3.63, 3.8) is 0 Å². The number of nitrogen functional groups attached to an aromatic ring is 1. The Labute approximate surface area is 106 Å². The number of nitrogens with zero attached hydrogens (tertiary/aromatic N) is 1. The average molecular weight is 254 g/mol. The van der Waals surface area contributed by atoms with E-state index in [2.05, 4.69) is 4.98 Å². The zero-order chi connectivity index (χ0) is 13.1. The number of aromatic nitrogens is 1. The van der Waals surface area contributed by atoms with Gasteiger partial charge in [0.2, 0.25) is 0 Å². The number of esters is 1. The Kier molecular flexibility index (Phi) is 4.40. The summed E-state index contributed by atoms with van der Waals surface area (Å²) in [4.78, 5) is 15.9. The van der Waals surface area contributed by atoms with Gasteiger partial charge in [0.15, 0.2) is 0 Å². The van der Waals surface area contributed by atoms with Crippen LogP contribution in [0.5, 0.6) is 0 Å². The van der Waals surface area contributed by atoms with E-state index in [9.17, 15) is 4.79 Å². The Morgan fingerprint density at radius 1 is 1.53 bits per heavy atom. The molecule has 0 fully saturated rings. The molecular formula is C12H18N2O2S. The lowest BCUT2D eigenvalue weighted by Gasteiger charge is -2.22. The molecule has 4 nitrogen and oxygen atoms in total. The third-order valence-corrected chi connectivity index (χ3v) is 2.94. The maximum atomic E-state index is 11.8. The van der Waals surface area contributed by atoms with Gasteiger partial charge in [0, 0.05) is 6.20 Å². The number of carbonyl (C=O) groups excluding carboxylic acids is 1. The topological polar surface area (TPSA) is 65.2 Å². The standard InChI is InChI=1S/C12H18N2O2S/c1-8(11(15)16-12(2,3)4)17-10-9(13)6-5-7-14-10/h5-8H,13H2,1-4H3. The first-order valence-corrected chi connectivity index (χ1v) is 6.27. The van der Waals surface area contributed by atoms with Gasteiger partial charge in [0.25, 0.3) is 0 Å². The molecule has 0 aliphatic rings. The third-order valence-electron chi connectivity index (χ3n) is 1.83. The van der Waals surface area contributed by atoms with Crippen molar-refractivity contribution in [2.75, 3.05) is 5.73 Å². The van der Waals surface area contributed by atoms with Gasteiger partial charge >= 0.3 is 5.97 Å². The lowest BCUT2D eigenvalue weighted by atomic mass is 10.2. The number of carbonyl (C=O) groups is 1. The summed E-state index contributed by atoms with van der Waals surface area (Å²) in [5.74, 6) is -0.257. The Bertz CT molecular complexity index is 402. The van der Waals surface area contributed by atoms with Crippen LogP contribution < -0.4 is 5.73 Å². The summed E-state index contributed by atoms with van der Waals surface area (Å²) >= 11 is 1.31. The van der Waals surface area contributed by atoms with E-state index >= 15 is 0 Å². The van der Waals surface area contributed by atoms with Crippen molar-refractivity contribution in [1.82, 2.24) is 4.98 Å². The minimum Gasteiger partial charge on any atom is -0.459 e. The minimum atomic E-state index is -0.471. The van der Waals surface area contributed by atoms with E-state index in [4.69, 9.17) is 10.5 Å². The molecule has 0 bridgehead atoms. The highest BCUT2D eigenvalue weighted by Gasteiger charge is 2.23. The van der Waals surface area contributed by atoms with Crippen LogP contribution in [0.25, 0.3) is 0 Å². The van der Waals surface area contributed by atoms with Crippen LogP contribution in [0.2, 0.25) is 0 Å². The summed E-state index contributed by atoms with van der Waals surface area (Å²) in [5, 5.41) is 0.331. The van der Waals surface area contributed by atoms with Gasteiger partial charge in [-0.05, 0) is 39.8 Å². The van der Waals surface area contributed by atoms with Crippen LogP contribution >= 0.6 is 11.8 Å². The number of anilines is 1. The zero-order valence-electron chi connectivity index (χ0n) is 10.6. The van der Waals surface area contributed by atoms with Crippen molar-refractivity contribution in [3.05, 3.63) is 18.3 Å². The molecule has 0 spiro atoms. The molecule has 1 aromatic heterocycles. The molecule has 5 heteroatoms. The normalized spacial score (nSPS) is 13.2. The summed E-state index contributed by atoms with van der Waals surface area (Å²) in [6.45, 7) is 7.32. The maximum Gasteiger partial charge on any atom is 0.319 e. The summed E-state index contributed by atoms with van der Waals surface area (Å²) in [5.41, 5.74) is 5.87. The second kappa shape index (κ2) is 5.40. The van der Waals surface area contributed by atoms with Crippen molar-refractivity contribution in [2.24, 2.45) is 0 Å². The first-order chi connectivity index (χ1) is 7.79. The second-order valence-electron chi connectivity index (χ2n) is 4.69. The fourth-order valence-electron chi connectivity index (χ4n) is 1.10. The van der Waals surface area contributed by atoms with Gasteiger partial charge in [-0.1, -0.05) is 11.8 Å². The molecule has 1 aromatic rings. The smallest absolute Gasteiger partial charge is 0.319 e. The highest BCUT2D eigenvalue weighted by Crippen LogP contribution is 2.27. The molecular weight excluding hydrogens is 236 g/mol. The number of ether oxygens (including phenoxy) is 1. The van der Waals surface area contributed by atoms with Gasteiger partial charge in [-0.3, -0.25) is 4.79 Å². The van der Waals surface area contributed by atoms with Crippen molar-refractivity contribution in [2.45, 2.75) is 43.6 Å². The quantitative estimate of drug-likeness (QED) is 0.663. The van der Waals surface area contributed by atoms with Crippen LogP contribution in [-0.2, 0) is 9.53 Å². The Hall–Kier alpha value is -1.23. The van der Waals surface area contributed by atoms with Crippen LogP contribution in [0.1, 0.15) is 27.7 Å². The molecule has 94 valence electrons. The number of nitrogens with two attached hydrogens (primary N) is 1. The second-order valence-corrected chi connectivity index (χ2v) is 6.02. The predicted molar refractivity (Wildman–Crippen MR) is 69.8 cm³/mol. The third kappa shape index (κ3) is 4.65. The van der Waals surface area contributed by atoms with Crippen molar-refractivity contribution in [3.8, 4) is 0 Å². The van der Waals surface area contributed by atoms with E-state index in [-0.39, 0.29) is 11.2 Å². The van der Waals surface area contributed by atoms with E-state index in [1.807, 2.05) is 20.8 Å². The SMILES string of the molecule is CC(Sc1ncccc1N)C(=O)OC(C)(C)C. The lowest BCUT2D eigenvalue weighted by molar-refractivity contribution is -0.153. The molecule has 0 amide bonds. The van der Waals surface area contributed by atoms with Gasteiger partial charge in [0.05, 0.1) is 5.69 Å². The lowest BCUT2D eigenvalue weighted by Crippen LogP contribution is -2.28. The van der Waals surface area contributed by atoms with Crippen LogP contribution in [0.4, 0.5) is 5.69 Å². The number of pyridine rings is 1. The molecule has 1 atom stereocenters. The number of hydrogen-bond acceptors (Lipinski definition) is 5. The van der Waals surface area contributed by atoms with E-state index in [0.717, 1.165) is 0 Å². The van der Waals surface area contributed by atoms with Gasteiger partial charge in [-0.2, -0.15) is 0 Å². The molecule has 2 N–H and O–H groups in total. The monoisotopic (exact) mass is 254 g/mol. The summed E-state index contributed by atoms with van der Waals surface area (Å²) in [6, 6.07) is 3.52. The largest absolute Gasteiger partial charge is 0.459 e. The molecule has 0 aliphatic heterocycles. The van der Waals surface area contributed by atoms with Crippen LogP contribution in [0, 0.1) is 0 Å². The van der Waals surface area contributed by atoms with Crippen LogP contribution in [0.3, 0.4) is 0 Å². The number of rotatable bonds is 3. The molecule has 0 saturated carbocycles. The van der Waals surface area contributed by atoms with Gasteiger partial charge in [0.1, 0.15) is 15.9 Å². The first kappa shape index (κ1) is 13.8. The maximum absolute atomic E-state index is 11.8. The number of thioether (sulfide) groups is 1. The average Bonchev–Trinajstić information content (AvgIpc) is 2.18. The minimum absolute atomic E-state index is 0.257. The first-order valence-electron chi connectivity index (χ1n) is 5.39. The molecule has 1 heterocycles. The van der Waals surface area contributed by atoms with E-state index in [1.54, 1.807) is 25.3 Å². The molecule has 1 rings (SSSR count). The zero-order valence-corrected chi connectivity index (χ0v) is 11.4. The van der Waals surface area contributed by atoms with E-state index in [1.165, 1.54) is 11.8 Å². The van der Waals surface area contributed by atoms with Crippen molar-refractivity contribution in [1.29, 1.82) is 0 Å². The highest BCUT2D eigenvalue weighted by molar-refractivity contribution is 8.00. The Morgan fingerprint density at radius 3 is 2.71 bits per heavy atom. The molecule has 0 aliphatic carbocycles. The van der Waals surface area contributed by atoms with Crippen LogP contribution in [-0.4, -0.2) is 21.8 Å².